The van der Waals surface area contributed by atoms with Crippen LogP contribution in [-0.2, 0) is 6.54 Å². The Bertz CT molecular complexity index is 679. The minimum absolute atomic E-state index is 0.114. The van der Waals surface area contributed by atoms with Crippen molar-refractivity contribution >= 4 is 11.7 Å². The average molecular weight is 337 g/mol. The van der Waals surface area contributed by atoms with Crippen LogP contribution in [0.1, 0.15) is 24.0 Å². The number of carbonyl (C=O) groups excluding carboxylic acids is 1. The number of rotatable bonds is 5. The molecule has 0 unspecified atom stereocenters. The van der Waals surface area contributed by atoms with E-state index in [2.05, 4.69) is 45.9 Å². The molecule has 0 spiro atoms. The van der Waals surface area contributed by atoms with Crippen LogP contribution in [0.4, 0.5) is 10.5 Å². The molecule has 0 saturated carbocycles. The Morgan fingerprint density at radius 1 is 1.08 bits per heavy atom. The smallest absolute Gasteiger partial charge is 0.319 e. The van der Waals surface area contributed by atoms with E-state index in [9.17, 15) is 4.79 Å². The second-order valence-corrected chi connectivity index (χ2v) is 6.91. The van der Waals surface area contributed by atoms with Gasteiger partial charge in [0.1, 0.15) is 0 Å². The molecule has 0 radical (unpaired) electrons. The van der Waals surface area contributed by atoms with Crippen LogP contribution in [0.3, 0.4) is 0 Å². The number of urea groups is 1. The molecule has 4 heteroatoms. The zero-order valence-electron chi connectivity index (χ0n) is 14.9. The molecule has 132 valence electrons. The van der Waals surface area contributed by atoms with Crippen molar-refractivity contribution < 1.29 is 4.79 Å². The first-order valence-corrected chi connectivity index (χ1v) is 9.07. The van der Waals surface area contributed by atoms with Gasteiger partial charge in [0.2, 0.25) is 0 Å². The maximum atomic E-state index is 12.0. The number of amides is 2. The average Bonchev–Trinajstić information content (AvgIpc) is 2.62. The monoisotopic (exact) mass is 337 g/mol. The van der Waals surface area contributed by atoms with Gasteiger partial charge in [0.15, 0.2) is 0 Å². The Labute approximate surface area is 150 Å². The third-order valence-corrected chi connectivity index (χ3v) is 4.78. The lowest BCUT2D eigenvalue weighted by molar-refractivity contribution is 0.175. The largest absolute Gasteiger partial charge is 0.338 e. The molecular weight excluding hydrogens is 310 g/mol. The van der Waals surface area contributed by atoms with E-state index in [0.29, 0.717) is 5.92 Å². The first kappa shape index (κ1) is 17.5. The Balaban J connectivity index is 1.37. The number of aryl methyl sites for hydroxylation is 1. The van der Waals surface area contributed by atoms with E-state index in [-0.39, 0.29) is 6.03 Å². The minimum Gasteiger partial charge on any atom is -0.338 e. The van der Waals surface area contributed by atoms with Crippen LogP contribution >= 0.6 is 0 Å². The van der Waals surface area contributed by atoms with Crippen molar-refractivity contribution in [2.75, 3.05) is 25.0 Å². The van der Waals surface area contributed by atoms with Gasteiger partial charge in [0, 0.05) is 18.8 Å². The van der Waals surface area contributed by atoms with Gasteiger partial charge in [-0.3, -0.25) is 4.90 Å². The second kappa shape index (κ2) is 8.67. The molecule has 1 fully saturated rings. The fourth-order valence-electron chi connectivity index (χ4n) is 3.33. The lowest BCUT2D eigenvalue weighted by Gasteiger charge is -2.32. The summed E-state index contributed by atoms with van der Waals surface area (Å²) in [5.74, 6) is 0.565. The van der Waals surface area contributed by atoms with Crippen LogP contribution in [-0.4, -0.2) is 30.6 Å². The van der Waals surface area contributed by atoms with Gasteiger partial charge in [-0.25, -0.2) is 4.79 Å². The van der Waals surface area contributed by atoms with Crippen LogP contribution in [0.2, 0.25) is 0 Å². The molecule has 2 N–H and O–H groups in total. The van der Waals surface area contributed by atoms with E-state index in [4.69, 9.17) is 0 Å². The van der Waals surface area contributed by atoms with Gasteiger partial charge < -0.3 is 10.6 Å². The summed E-state index contributed by atoms with van der Waals surface area (Å²) in [5, 5.41) is 5.92. The summed E-state index contributed by atoms with van der Waals surface area (Å²) < 4.78 is 0. The van der Waals surface area contributed by atoms with Crippen LogP contribution < -0.4 is 10.6 Å². The van der Waals surface area contributed by atoms with Crippen LogP contribution in [0.15, 0.2) is 54.6 Å². The van der Waals surface area contributed by atoms with Gasteiger partial charge in [0.05, 0.1) is 0 Å². The summed E-state index contributed by atoms with van der Waals surface area (Å²) in [6, 6.07) is 18.4. The van der Waals surface area contributed by atoms with Gasteiger partial charge in [0.25, 0.3) is 0 Å². The number of nitrogens with zero attached hydrogens (tertiary/aromatic N) is 1. The minimum atomic E-state index is -0.114. The third kappa shape index (κ3) is 5.61. The standard InChI is InChI=1S/C21H27N3O/c1-17-6-5-9-20(14-17)23-21(25)22-15-18-10-12-24(13-11-18)16-19-7-3-2-4-8-19/h2-9,14,18H,10-13,15-16H2,1H3,(H2,22,23,25). The molecule has 1 aliphatic rings. The highest BCUT2D eigenvalue weighted by atomic mass is 16.2. The summed E-state index contributed by atoms with van der Waals surface area (Å²) in [4.78, 5) is 14.5. The number of nitrogens with one attached hydrogen (secondary N) is 2. The Morgan fingerprint density at radius 2 is 1.84 bits per heavy atom. The van der Waals surface area contributed by atoms with Crippen molar-refractivity contribution in [3.05, 3.63) is 65.7 Å². The summed E-state index contributed by atoms with van der Waals surface area (Å²) in [7, 11) is 0. The molecule has 0 aliphatic carbocycles. The predicted molar refractivity (Wildman–Crippen MR) is 103 cm³/mol. The molecule has 1 heterocycles. The van der Waals surface area contributed by atoms with Gasteiger partial charge >= 0.3 is 6.03 Å². The molecule has 2 amide bonds. The molecule has 4 nitrogen and oxygen atoms in total. The molecule has 1 aliphatic heterocycles. The zero-order chi connectivity index (χ0) is 17.5. The van der Waals surface area contributed by atoms with Crippen molar-refractivity contribution in [1.29, 1.82) is 0 Å². The fourth-order valence-corrected chi connectivity index (χ4v) is 3.33. The van der Waals surface area contributed by atoms with E-state index in [0.717, 1.165) is 50.3 Å². The summed E-state index contributed by atoms with van der Waals surface area (Å²) in [6.07, 6.45) is 2.27. The van der Waals surface area contributed by atoms with Crippen molar-refractivity contribution in [3.63, 3.8) is 0 Å². The van der Waals surface area contributed by atoms with Crippen molar-refractivity contribution in [2.24, 2.45) is 5.92 Å². The van der Waals surface area contributed by atoms with Crippen molar-refractivity contribution in [1.82, 2.24) is 10.2 Å². The van der Waals surface area contributed by atoms with Gasteiger partial charge in [-0.2, -0.15) is 0 Å². The molecule has 2 aromatic carbocycles. The molecule has 0 bridgehead atoms. The lowest BCUT2D eigenvalue weighted by Crippen LogP contribution is -2.39. The molecule has 2 aromatic rings. The van der Waals surface area contributed by atoms with Crippen LogP contribution in [0, 0.1) is 12.8 Å². The predicted octanol–water partition coefficient (Wildman–Crippen LogP) is 4.03. The molecule has 3 rings (SSSR count). The maximum Gasteiger partial charge on any atom is 0.319 e. The van der Waals surface area contributed by atoms with Crippen molar-refractivity contribution in [3.8, 4) is 0 Å². The zero-order valence-corrected chi connectivity index (χ0v) is 14.9. The molecule has 0 aromatic heterocycles. The van der Waals surface area contributed by atoms with Crippen molar-refractivity contribution in [2.45, 2.75) is 26.3 Å². The van der Waals surface area contributed by atoms with E-state index in [1.54, 1.807) is 0 Å². The number of likely N-dealkylation sites (tertiary alicyclic amines) is 1. The molecule has 0 atom stereocenters. The molecule has 25 heavy (non-hydrogen) atoms. The first-order chi connectivity index (χ1) is 12.2. The highest BCUT2D eigenvalue weighted by Gasteiger charge is 2.19. The first-order valence-electron chi connectivity index (χ1n) is 9.07. The van der Waals surface area contributed by atoms with Gasteiger partial charge in [-0.15, -0.1) is 0 Å². The SMILES string of the molecule is Cc1cccc(NC(=O)NCC2CCN(Cc3ccccc3)CC2)c1. The Hall–Kier alpha value is -2.33. The third-order valence-electron chi connectivity index (χ3n) is 4.78. The Morgan fingerprint density at radius 3 is 2.56 bits per heavy atom. The number of hydrogen-bond acceptors (Lipinski definition) is 2. The highest BCUT2D eigenvalue weighted by Crippen LogP contribution is 2.18. The van der Waals surface area contributed by atoms with Crippen LogP contribution in [0.5, 0.6) is 0 Å². The van der Waals surface area contributed by atoms with E-state index >= 15 is 0 Å². The second-order valence-electron chi connectivity index (χ2n) is 6.91. The van der Waals surface area contributed by atoms with Crippen LogP contribution in [0.25, 0.3) is 0 Å². The quantitative estimate of drug-likeness (QED) is 0.865. The fraction of sp³-hybridized carbons (Fsp3) is 0.381. The number of hydrogen-bond donors (Lipinski definition) is 2. The van der Waals surface area contributed by atoms with E-state index in [1.807, 2.05) is 31.2 Å². The topological polar surface area (TPSA) is 44.4 Å². The summed E-state index contributed by atoms with van der Waals surface area (Å²) >= 11 is 0. The maximum absolute atomic E-state index is 12.0. The number of anilines is 1. The highest BCUT2D eigenvalue weighted by molar-refractivity contribution is 5.89. The number of benzene rings is 2. The normalized spacial score (nSPS) is 15.7. The van der Waals surface area contributed by atoms with Gasteiger partial charge in [-0.1, -0.05) is 42.5 Å². The number of piperidine rings is 1. The molecule has 1 saturated heterocycles. The molecular formula is C21H27N3O. The van der Waals surface area contributed by atoms with E-state index < -0.39 is 0 Å². The lowest BCUT2D eigenvalue weighted by atomic mass is 9.96. The summed E-state index contributed by atoms with van der Waals surface area (Å²) in [5.41, 5.74) is 3.36. The Kier molecular flexibility index (Phi) is 6.07. The number of carbonyl (C=O) groups is 1. The van der Waals surface area contributed by atoms with Gasteiger partial charge in [-0.05, 0) is 62.0 Å². The summed E-state index contributed by atoms with van der Waals surface area (Å²) in [6.45, 7) is 5.99. The van der Waals surface area contributed by atoms with E-state index in [1.165, 1.54) is 5.56 Å².